The quantitative estimate of drug-likeness (QED) is 0.838. The average molecular weight is 362 g/mol. The van der Waals surface area contributed by atoms with Crippen molar-refractivity contribution >= 4 is 17.5 Å². The minimum atomic E-state index is -0.000151. The first-order valence-corrected chi connectivity index (χ1v) is 8.38. The molecule has 0 aromatic heterocycles. The standard InChI is InChI=1S/C19H20ClNO4/c1-23-16-4-6-18-14(10-16)12-21(7-8-25-18)19(22)11-13-9-15(20)3-5-17(13)24-2/h3-6,9-10H,7-8,11-12H2,1-2H3. The lowest BCUT2D eigenvalue weighted by Crippen LogP contribution is -2.33. The summed E-state index contributed by atoms with van der Waals surface area (Å²) in [5, 5.41) is 0.581. The first-order chi connectivity index (χ1) is 12.1. The largest absolute Gasteiger partial charge is 0.497 e. The van der Waals surface area contributed by atoms with Gasteiger partial charge in [0.15, 0.2) is 0 Å². The fourth-order valence-corrected chi connectivity index (χ4v) is 3.07. The van der Waals surface area contributed by atoms with Gasteiger partial charge in [0.2, 0.25) is 5.91 Å². The van der Waals surface area contributed by atoms with Crippen LogP contribution in [0.1, 0.15) is 11.1 Å². The van der Waals surface area contributed by atoms with Gasteiger partial charge in [-0.2, -0.15) is 0 Å². The first kappa shape index (κ1) is 17.4. The molecule has 0 bridgehead atoms. The molecule has 0 radical (unpaired) electrons. The fraction of sp³-hybridized carbons (Fsp3) is 0.316. The summed E-state index contributed by atoms with van der Waals surface area (Å²) in [7, 11) is 3.20. The van der Waals surface area contributed by atoms with Crippen LogP contribution in [-0.2, 0) is 17.8 Å². The van der Waals surface area contributed by atoms with Crippen molar-refractivity contribution in [2.24, 2.45) is 0 Å². The third kappa shape index (κ3) is 3.99. The maximum atomic E-state index is 12.8. The van der Waals surface area contributed by atoms with Gasteiger partial charge in [0.25, 0.3) is 0 Å². The molecule has 6 heteroatoms. The Hall–Kier alpha value is -2.40. The molecular weight excluding hydrogens is 342 g/mol. The summed E-state index contributed by atoms with van der Waals surface area (Å²) in [4.78, 5) is 14.6. The molecule has 1 aliphatic heterocycles. The van der Waals surface area contributed by atoms with Gasteiger partial charge in [-0.1, -0.05) is 11.6 Å². The van der Waals surface area contributed by atoms with E-state index in [2.05, 4.69) is 0 Å². The molecule has 1 aliphatic rings. The minimum absolute atomic E-state index is 0.000151. The molecule has 0 N–H and O–H groups in total. The summed E-state index contributed by atoms with van der Waals surface area (Å²) >= 11 is 6.06. The van der Waals surface area contributed by atoms with E-state index in [-0.39, 0.29) is 12.3 Å². The summed E-state index contributed by atoms with van der Waals surface area (Å²) in [6.07, 6.45) is 0.225. The third-order valence-corrected chi connectivity index (χ3v) is 4.42. The predicted octanol–water partition coefficient (Wildman–Crippen LogP) is 3.32. The van der Waals surface area contributed by atoms with E-state index in [0.717, 1.165) is 22.6 Å². The summed E-state index contributed by atoms with van der Waals surface area (Å²) in [6.45, 7) is 1.46. The summed E-state index contributed by atoms with van der Waals surface area (Å²) in [5.74, 6) is 2.19. The number of nitrogens with zero attached hydrogens (tertiary/aromatic N) is 1. The Labute approximate surface area is 152 Å². The number of ether oxygens (including phenoxy) is 3. The number of amides is 1. The number of halogens is 1. The van der Waals surface area contributed by atoms with Gasteiger partial charge >= 0.3 is 0 Å². The van der Waals surface area contributed by atoms with E-state index in [4.69, 9.17) is 25.8 Å². The van der Waals surface area contributed by atoms with Crippen molar-refractivity contribution in [3.63, 3.8) is 0 Å². The summed E-state index contributed by atoms with van der Waals surface area (Å²) < 4.78 is 16.3. The molecule has 0 atom stereocenters. The molecule has 132 valence electrons. The van der Waals surface area contributed by atoms with Gasteiger partial charge in [0, 0.05) is 22.7 Å². The van der Waals surface area contributed by atoms with Crippen molar-refractivity contribution in [3.8, 4) is 17.2 Å². The number of methoxy groups -OCH3 is 2. The van der Waals surface area contributed by atoms with E-state index >= 15 is 0 Å². The number of fused-ring (bicyclic) bond motifs is 1. The van der Waals surface area contributed by atoms with E-state index in [1.54, 1.807) is 37.3 Å². The van der Waals surface area contributed by atoms with Crippen molar-refractivity contribution in [2.75, 3.05) is 27.4 Å². The highest BCUT2D eigenvalue weighted by Crippen LogP contribution is 2.28. The van der Waals surface area contributed by atoms with Crippen LogP contribution in [0.5, 0.6) is 17.2 Å². The zero-order valence-electron chi connectivity index (χ0n) is 14.3. The number of carbonyl (C=O) groups excluding carboxylic acids is 1. The molecule has 0 saturated heterocycles. The molecule has 0 aliphatic carbocycles. The van der Waals surface area contributed by atoms with Crippen LogP contribution in [0.3, 0.4) is 0 Å². The maximum Gasteiger partial charge on any atom is 0.227 e. The molecule has 1 heterocycles. The minimum Gasteiger partial charge on any atom is -0.497 e. The molecular formula is C19H20ClNO4. The second kappa shape index (κ2) is 7.66. The lowest BCUT2D eigenvalue weighted by atomic mass is 10.1. The van der Waals surface area contributed by atoms with E-state index in [9.17, 15) is 4.79 Å². The molecule has 5 nitrogen and oxygen atoms in total. The molecule has 1 amide bonds. The molecule has 0 fully saturated rings. The van der Waals surface area contributed by atoms with Gasteiger partial charge in [0.1, 0.15) is 23.9 Å². The van der Waals surface area contributed by atoms with E-state index in [0.29, 0.717) is 30.5 Å². The molecule has 2 aromatic rings. The number of hydrogen-bond acceptors (Lipinski definition) is 4. The predicted molar refractivity (Wildman–Crippen MR) is 95.6 cm³/mol. The van der Waals surface area contributed by atoms with Gasteiger partial charge in [-0.05, 0) is 36.4 Å². The van der Waals surface area contributed by atoms with E-state index in [1.165, 1.54) is 0 Å². The first-order valence-electron chi connectivity index (χ1n) is 8.00. The van der Waals surface area contributed by atoms with Crippen molar-refractivity contribution in [1.82, 2.24) is 4.90 Å². The van der Waals surface area contributed by atoms with Crippen LogP contribution >= 0.6 is 11.6 Å². The number of carbonyl (C=O) groups is 1. The normalized spacial score (nSPS) is 13.5. The monoisotopic (exact) mass is 361 g/mol. The fourth-order valence-electron chi connectivity index (χ4n) is 2.87. The highest BCUT2D eigenvalue weighted by Gasteiger charge is 2.21. The lowest BCUT2D eigenvalue weighted by Gasteiger charge is -2.20. The van der Waals surface area contributed by atoms with Crippen LogP contribution in [0.2, 0.25) is 5.02 Å². The molecule has 2 aromatic carbocycles. The van der Waals surface area contributed by atoms with E-state index in [1.807, 2.05) is 18.2 Å². The van der Waals surface area contributed by atoms with Gasteiger partial charge in [0.05, 0.1) is 27.2 Å². The maximum absolute atomic E-state index is 12.8. The number of rotatable bonds is 4. The van der Waals surface area contributed by atoms with Crippen molar-refractivity contribution in [1.29, 1.82) is 0 Å². The smallest absolute Gasteiger partial charge is 0.227 e. The number of hydrogen-bond donors (Lipinski definition) is 0. The van der Waals surface area contributed by atoms with Crippen LogP contribution in [0.25, 0.3) is 0 Å². The van der Waals surface area contributed by atoms with Crippen LogP contribution < -0.4 is 14.2 Å². The highest BCUT2D eigenvalue weighted by molar-refractivity contribution is 6.30. The van der Waals surface area contributed by atoms with E-state index < -0.39 is 0 Å². The Morgan fingerprint density at radius 2 is 2.04 bits per heavy atom. The van der Waals surface area contributed by atoms with Crippen molar-refractivity contribution in [2.45, 2.75) is 13.0 Å². The van der Waals surface area contributed by atoms with Crippen molar-refractivity contribution < 1.29 is 19.0 Å². The molecule has 0 unspecified atom stereocenters. The lowest BCUT2D eigenvalue weighted by molar-refractivity contribution is -0.131. The second-order valence-electron chi connectivity index (χ2n) is 5.77. The second-order valence-corrected chi connectivity index (χ2v) is 6.21. The Morgan fingerprint density at radius 3 is 2.80 bits per heavy atom. The third-order valence-electron chi connectivity index (χ3n) is 4.18. The Balaban J connectivity index is 1.79. The van der Waals surface area contributed by atoms with Gasteiger partial charge in [-0.15, -0.1) is 0 Å². The highest BCUT2D eigenvalue weighted by atomic mass is 35.5. The number of benzene rings is 2. The Kier molecular flexibility index (Phi) is 5.34. The zero-order chi connectivity index (χ0) is 17.8. The Morgan fingerprint density at radius 1 is 1.20 bits per heavy atom. The zero-order valence-corrected chi connectivity index (χ0v) is 15.0. The van der Waals surface area contributed by atoms with Crippen LogP contribution in [0.4, 0.5) is 0 Å². The topological polar surface area (TPSA) is 48.0 Å². The molecule has 0 spiro atoms. The molecule has 3 rings (SSSR count). The van der Waals surface area contributed by atoms with Crippen LogP contribution in [0, 0.1) is 0 Å². The van der Waals surface area contributed by atoms with Crippen molar-refractivity contribution in [3.05, 3.63) is 52.5 Å². The SMILES string of the molecule is COc1ccc2c(c1)CN(C(=O)Cc1cc(Cl)ccc1OC)CCO2. The average Bonchev–Trinajstić information content (AvgIpc) is 2.83. The summed E-state index contributed by atoms with van der Waals surface area (Å²) in [5.41, 5.74) is 1.71. The molecule has 25 heavy (non-hydrogen) atoms. The molecule has 0 saturated carbocycles. The summed E-state index contributed by atoms with van der Waals surface area (Å²) in [6, 6.07) is 10.9. The van der Waals surface area contributed by atoms with Crippen LogP contribution in [-0.4, -0.2) is 38.2 Å². The Bertz CT molecular complexity index is 778. The van der Waals surface area contributed by atoms with Gasteiger partial charge in [-0.25, -0.2) is 0 Å². The van der Waals surface area contributed by atoms with Crippen LogP contribution in [0.15, 0.2) is 36.4 Å². The van der Waals surface area contributed by atoms with Gasteiger partial charge < -0.3 is 19.1 Å². The van der Waals surface area contributed by atoms with Gasteiger partial charge in [-0.3, -0.25) is 4.79 Å².